The van der Waals surface area contributed by atoms with Crippen molar-refractivity contribution in [3.63, 3.8) is 0 Å². The quantitative estimate of drug-likeness (QED) is 0.661. The second kappa shape index (κ2) is 8.35. The van der Waals surface area contributed by atoms with E-state index >= 15 is 0 Å². The molecule has 2 aromatic carbocycles. The molecule has 7 heteroatoms. The molecule has 3 rings (SSSR count). The van der Waals surface area contributed by atoms with Crippen LogP contribution in [0.1, 0.15) is 24.3 Å². The third-order valence-electron chi connectivity index (χ3n) is 3.68. The summed E-state index contributed by atoms with van der Waals surface area (Å²) >= 11 is 0. The van der Waals surface area contributed by atoms with E-state index in [4.69, 9.17) is 14.0 Å². The van der Waals surface area contributed by atoms with Gasteiger partial charge in [0.05, 0.1) is 18.8 Å². The van der Waals surface area contributed by atoms with Gasteiger partial charge in [-0.2, -0.15) is 0 Å². The van der Waals surface area contributed by atoms with Crippen molar-refractivity contribution in [1.82, 2.24) is 5.16 Å². The average molecular weight is 370 g/mol. The van der Waals surface area contributed by atoms with Crippen LogP contribution in [0.25, 0.3) is 11.3 Å². The number of hydrogen-bond donors (Lipinski definition) is 1. The first kappa shape index (κ1) is 18.4. The van der Waals surface area contributed by atoms with E-state index in [1.165, 1.54) is 12.1 Å². The largest absolute Gasteiger partial charge is 0.490 e. The van der Waals surface area contributed by atoms with Gasteiger partial charge in [0.25, 0.3) is 5.91 Å². The van der Waals surface area contributed by atoms with Gasteiger partial charge in [0, 0.05) is 17.8 Å². The highest BCUT2D eigenvalue weighted by atomic mass is 19.1. The van der Waals surface area contributed by atoms with E-state index in [0.29, 0.717) is 30.4 Å². The molecule has 0 aliphatic rings. The third kappa shape index (κ3) is 4.25. The van der Waals surface area contributed by atoms with Crippen LogP contribution >= 0.6 is 0 Å². The molecule has 27 heavy (non-hydrogen) atoms. The number of carbonyl (C=O) groups is 1. The highest BCUT2D eigenvalue weighted by Gasteiger charge is 2.17. The zero-order valence-electron chi connectivity index (χ0n) is 15.0. The van der Waals surface area contributed by atoms with E-state index in [1.807, 2.05) is 13.8 Å². The lowest BCUT2D eigenvalue weighted by molar-refractivity contribution is 0.101. The number of nitrogens with zero attached hydrogens (tertiary/aromatic N) is 1. The SMILES string of the molecule is CCOc1ccc(NC(=O)c2cc(-c3ccccc3F)on2)cc1OCC. The molecule has 140 valence electrons. The number of hydrogen-bond acceptors (Lipinski definition) is 5. The Morgan fingerprint density at radius 1 is 1.07 bits per heavy atom. The van der Waals surface area contributed by atoms with Crippen LogP contribution in [0.3, 0.4) is 0 Å². The number of ether oxygens (including phenoxy) is 2. The molecule has 1 aromatic heterocycles. The van der Waals surface area contributed by atoms with Crippen LogP contribution in [-0.4, -0.2) is 24.3 Å². The van der Waals surface area contributed by atoms with Crippen LogP contribution in [0.2, 0.25) is 0 Å². The van der Waals surface area contributed by atoms with Crippen molar-refractivity contribution in [3.05, 3.63) is 60.0 Å². The highest BCUT2D eigenvalue weighted by Crippen LogP contribution is 2.31. The molecular formula is C20H19FN2O4. The number of nitrogens with one attached hydrogen (secondary N) is 1. The minimum absolute atomic E-state index is 0.0418. The first-order valence-corrected chi connectivity index (χ1v) is 8.55. The van der Waals surface area contributed by atoms with E-state index in [0.717, 1.165) is 0 Å². The summed E-state index contributed by atoms with van der Waals surface area (Å²) in [6.07, 6.45) is 0. The minimum Gasteiger partial charge on any atom is -0.490 e. The molecule has 0 unspecified atom stereocenters. The summed E-state index contributed by atoms with van der Waals surface area (Å²) in [5.74, 6) is 0.381. The van der Waals surface area contributed by atoms with Crippen LogP contribution < -0.4 is 14.8 Å². The van der Waals surface area contributed by atoms with Crippen molar-refractivity contribution < 1.29 is 23.2 Å². The molecule has 0 fully saturated rings. The predicted molar refractivity (Wildman–Crippen MR) is 98.6 cm³/mol. The molecule has 0 aliphatic carbocycles. The standard InChI is InChI=1S/C20H19FN2O4/c1-3-25-17-10-9-13(11-19(17)26-4-2)22-20(24)16-12-18(27-23-16)14-7-5-6-8-15(14)21/h5-12H,3-4H2,1-2H3,(H,22,24). The lowest BCUT2D eigenvalue weighted by Gasteiger charge is -2.12. The Kier molecular flexibility index (Phi) is 5.71. The van der Waals surface area contributed by atoms with Crippen molar-refractivity contribution in [3.8, 4) is 22.8 Å². The second-order valence-corrected chi connectivity index (χ2v) is 5.54. The number of rotatable bonds is 7. The van der Waals surface area contributed by atoms with Crippen LogP contribution in [0.5, 0.6) is 11.5 Å². The molecule has 0 aliphatic heterocycles. The van der Waals surface area contributed by atoms with E-state index < -0.39 is 11.7 Å². The van der Waals surface area contributed by atoms with Crippen LogP contribution in [0.4, 0.5) is 10.1 Å². The number of amides is 1. The first-order valence-electron chi connectivity index (χ1n) is 8.55. The summed E-state index contributed by atoms with van der Waals surface area (Å²) < 4.78 is 30.0. The summed E-state index contributed by atoms with van der Waals surface area (Å²) in [5, 5.41) is 6.44. The maximum absolute atomic E-state index is 13.8. The van der Waals surface area contributed by atoms with Crippen LogP contribution in [-0.2, 0) is 0 Å². The normalized spacial score (nSPS) is 10.5. The number of aromatic nitrogens is 1. The fourth-order valence-electron chi connectivity index (χ4n) is 2.49. The lowest BCUT2D eigenvalue weighted by Crippen LogP contribution is -2.12. The Morgan fingerprint density at radius 2 is 1.81 bits per heavy atom. The lowest BCUT2D eigenvalue weighted by atomic mass is 10.1. The van der Waals surface area contributed by atoms with Crippen molar-refractivity contribution in [2.75, 3.05) is 18.5 Å². The molecule has 3 aromatic rings. The number of carbonyl (C=O) groups excluding carboxylic acids is 1. The molecule has 0 bridgehead atoms. The molecule has 1 amide bonds. The molecule has 1 heterocycles. The summed E-state index contributed by atoms with van der Waals surface area (Å²) in [4.78, 5) is 12.4. The van der Waals surface area contributed by atoms with Crippen molar-refractivity contribution in [1.29, 1.82) is 0 Å². The zero-order chi connectivity index (χ0) is 19.2. The number of halogens is 1. The first-order chi connectivity index (χ1) is 13.1. The maximum Gasteiger partial charge on any atom is 0.277 e. The predicted octanol–water partition coefficient (Wildman–Crippen LogP) is 4.53. The molecule has 0 saturated heterocycles. The molecule has 0 atom stereocenters. The van der Waals surface area contributed by atoms with E-state index in [9.17, 15) is 9.18 Å². The molecule has 6 nitrogen and oxygen atoms in total. The zero-order valence-corrected chi connectivity index (χ0v) is 15.0. The van der Waals surface area contributed by atoms with Gasteiger partial charge in [0.1, 0.15) is 5.82 Å². The summed E-state index contributed by atoms with van der Waals surface area (Å²) in [6, 6.07) is 12.6. The summed E-state index contributed by atoms with van der Waals surface area (Å²) in [6.45, 7) is 4.71. The molecular weight excluding hydrogens is 351 g/mol. The van der Waals surface area contributed by atoms with Gasteiger partial charge in [-0.1, -0.05) is 17.3 Å². The maximum atomic E-state index is 13.8. The third-order valence-corrected chi connectivity index (χ3v) is 3.68. The van der Waals surface area contributed by atoms with E-state index in [-0.39, 0.29) is 17.0 Å². The number of benzene rings is 2. The van der Waals surface area contributed by atoms with Gasteiger partial charge >= 0.3 is 0 Å². The fourth-order valence-corrected chi connectivity index (χ4v) is 2.49. The van der Waals surface area contributed by atoms with Gasteiger partial charge in [-0.25, -0.2) is 4.39 Å². The Morgan fingerprint density at radius 3 is 2.56 bits per heavy atom. The van der Waals surface area contributed by atoms with Gasteiger partial charge in [-0.15, -0.1) is 0 Å². The minimum atomic E-state index is -0.479. The van der Waals surface area contributed by atoms with Crippen molar-refractivity contribution in [2.45, 2.75) is 13.8 Å². The Labute approximate surface area is 155 Å². The van der Waals surface area contributed by atoms with E-state index in [1.54, 1.807) is 36.4 Å². The van der Waals surface area contributed by atoms with Gasteiger partial charge in [0.2, 0.25) is 0 Å². The molecule has 1 N–H and O–H groups in total. The fraction of sp³-hybridized carbons (Fsp3) is 0.200. The molecule has 0 spiro atoms. The summed E-state index contributed by atoms with van der Waals surface area (Å²) in [7, 11) is 0. The van der Waals surface area contributed by atoms with Gasteiger partial charge in [-0.3, -0.25) is 4.79 Å². The molecule has 0 radical (unpaired) electrons. The van der Waals surface area contributed by atoms with Crippen molar-refractivity contribution >= 4 is 11.6 Å². The van der Waals surface area contributed by atoms with Crippen molar-refractivity contribution in [2.24, 2.45) is 0 Å². The molecule has 0 saturated carbocycles. The topological polar surface area (TPSA) is 73.6 Å². The van der Waals surface area contributed by atoms with Gasteiger partial charge in [0.15, 0.2) is 23.0 Å². The number of anilines is 1. The second-order valence-electron chi connectivity index (χ2n) is 5.54. The summed E-state index contributed by atoms with van der Waals surface area (Å²) in [5.41, 5.74) is 0.797. The van der Waals surface area contributed by atoms with Gasteiger partial charge < -0.3 is 19.3 Å². The van der Waals surface area contributed by atoms with E-state index in [2.05, 4.69) is 10.5 Å². The smallest absolute Gasteiger partial charge is 0.277 e. The Bertz CT molecular complexity index is 939. The van der Waals surface area contributed by atoms with Crippen LogP contribution in [0, 0.1) is 5.82 Å². The monoisotopic (exact) mass is 370 g/mol. The Hall–Kier alpha value is -3.35. The average Bonchev–Trinajstić information content (AvgIpc) is 3.15. The van der Waals surface area contributed by atoms with Gasteiger partial charge in [-0.05, 0) is 38.1 Å². The van der Waals surface area contributed by atoms with Crippen LogP contribution in [0.15, 0.2) is 53.1 Å². The highest BCUT2D eigenvalue weighted by molar-refractivity contribution is 6.03. The Balaban J connectivity index is 1.78.